The van der Waals surface area contributed by atoms with E-state index in [1.807, 2.05) is 24.3 Å². The Kier molecular flexibility index (Phi) is 6.46. The van der Waals surface area contributed by atoms with Gasteiger partial charge in [-0.2, -0.15) is 0 Å². The van der Waals surface area contributed by atoms with Gasteiger partial charge in [-0.05, 0) is 37.0 Å². The number of rotatable bonds is 9. The van der Waals surface area contributed by atoms with Crippen molar-refractivity contribution in [1.82, 2.24) is 9.97 Å². The minimum atomic E-state index is 0.604. The van der Waals surface area contributed by atoms with Crippen molar-refractivity contribution < 1.29 is 4.74 Å². The maximum Gasteiger partial charge on any atom is 0.137 e. The normalized spacial score (nSPS) is 10.8. The first-order valence-electron chi connectivity index (χ1n) is 8.58. The second kappa shape index (κ2) is 9.23. The summed E-state index contributed by atoms with van der Waals surface area (Å²) >= 11 is 5.67. The Bertz CT molecular complexity index is 795. The number of fused-ring (bicyclic) bond motifs is 1. The van der Waals surface area contributed by atoms with Crippen LogP contribution in [0.15, 0.2) is 54.9 Å². The van der Waals surface area contributed by atoms with Crippen LogP contribution in [0.1, 0.15) is 18.4 Å². The van der Waals surface area contributed by atoms with E-state index < -0.39 is 0 Å². The van der Waals surface area contributed by atoms with Crippen molar-refractivity contribution in [2.24, 2.45) is 0 Å². The standard InChI is InChI=1S/C20H22ClN3O/c21-11-5-13-25-17-9-10-18-19(14-17)23-15-24-20(18)22-12-4-8-16-6-2-1-3-7-16/h1-3,6-7,9-10,14-15H,4-5,8,11-13H2,(H,22,23,24). The van der Waals surface area contributed by atoms with Crippen LogP contribution >= 0.6 is 11.6 Å². The van der Waals surface area contributed by atoms with Gasteiger partial charge in [-0.1, -0.05) is 30.3 Å². The molecular weight excluding hydrogens is 334 g/mol. The van der Waals surface area contributed by atoms with Crippen LogP contribution in [0.4, 0.5) is 5.82 Å². The maximum atomic E-state index is 5.68. The lowest BCUT2D eigenvalue weighted by Gasteiger charge is -2.10. The van der Waals surface area contributed by atoms with E-state index in [0.29, 0.717) is 12.5 Å². The molecule has 0 fully saturated rings. The number of aryl methyl sites for hydroxylation is 1. The third-order valence-electron chi connectivity index (χ3n) is 3.93. The van der Waals surface area contributed by atoms with E-state index in [1.165, 1.54) is 5.56 Å². The van der Waals surface area contributed by atoms with Gasteiger partial charge < -0.3 is 10.1 Å². The second-order valence-electron chi connectivity index (χ2n) is 5.81. The summed E-state index contributed by atoms with van der Waals surface area (Å²) in [6, 6.07) is 16.4. The van der Waals surface area contributed by atoms with Crippen LogP contribution in [0.3, 0.4) is 0 Å². The van der Waals surface area contributed by atoms with Crippen molar-refractivity contribution in [3.05, 3.63) is 60.4 Å². The predicted octanol–water partition coefficient (Wildman–Crippen LogP) is 4.68. The van der Waals surface area contributed by atoms with Gasteiger partial charge in [0.25, 0.3) is 0 Å². The van der Waals surface area contributed by atoms with Crippen LogP contribution in [0.25, 0.3) is 10.9 Å². The fourth-order valence-electron chi connectivity index (χ4n) is 2.66. The lowest BCUT2D eigenvalue weighted by Crippen LogP contribution is -2.05. The van der Waals surface area contributed by atoms with Crippen molar-refractivity contribution in [2.45, 2.75) is 19.3 Å². The molecule has 130 valence electrons. The summed E-state index contributed by atoms with van der Waals surface area (Å²) in [7, 11) is 0. The van der Waals surface area contributed by atoms with Crippen molar-refractivity contribution in [3.8, 4) is 5.75 Å². The van der Waals surface area contributed by atoms with Crippen molar-refractivity contribution in [3.63, 3.8) is 0 Å². The first-order chi connectivity index (χ1) is 12.4. The van der Waals surface area contributed by atoms with E-state index in [-0.39, 0.29) is 0 Å². The molecule has 25 heavy (non-hydrogen) atoms. The van der Waals surface area contributed by atoms with Crippen LogP contribution < -0.4 is 10.1 Å². The quantitative estimate of drug-likeness (QED) is 0.447. The molecule has 0 saturated carbocycles. The number of ether oxygens (including phenoxy) is 1. The monoisotopic (exact) mass is 355 g/mol. The molecule has 0 atom stereocenters. The lowest BCUT2D eigenvalue weighted by molar-refractivity contribution is 0.318. The molecule has 0 amide bonds. The molecule has 3 aromatic rings. The topological polar surface area (TPSA) is 47.0 Å². The summed E-state index contributed by atoms with van der Waals surface area (Å²) in [6.45, 7) is 1.49. The molecule has 1 N–H and O–H groups in total. The summed E-state index contributed by atoms with van der Waals surface area (Å²) in [4.78, 5) is 8.73. The highest BCUT2D eigenvalue weighted by atomic mass is 35.5. The van der Waals surface area contributed by atoms with E-state index in [4.69, 9.17) is 16.3 Å². The SMILES string of the molecule is ClCCCOc1ccc2c(NCCCc3ccccc3)ncnc2c1. The maximum absolute atomic E-state index is 5.68. The van der Waals surface area contributed by atoms with Gasteiger partial charge in [0, 0.05) is 23.9 Å². The Balaban J connectivity index is 1.59. The molecule has 0 aliphatic heterocycles. The summed E-state index contributed by atoms with van der Waals surface area (Å²) < 4.78 is 5.68. The van der Waals surface area contributed by atoms with Gasteiger partial charge in [-0.15, -0.1) is 11.6 Å². The highest BCUT2D eigenvalue weighted by Gasteiger charge is 2.05. The minimum Gasteiger partial charge on any atom is -0.493 e. The number of anilines is 1. The molecule has 0 radical (unpaired) electrons. The smallest absolute Gasteiger partial charge is 0.137 e. The molecule has 0 bridgehead atoms. The van der Waals surface area contributed by atoms with E-state index >= 15 is 0 Å². The average molecular weight is 356 g/mol. The summed E-state index contributed by atoms with van der Waals surface area (Å²) in [6.07, 6.45) is 4.52. The van der Waals surface area contributed by atoms with E-state index in [2.05, 4.69) is 39.6 Å². The fraction of sp³-hybridized carbons (Fsp3) is 0.300. The van der Waals surface area contributed by atoms with Crippen LogP contribution in [0.2, 0.25) is 0 Å². The number of nitrogens with zero attached hydrogens (tertiary/aromatic N) is 2. The number of benzene rings is 2. The number of hydrogen-bond acceptors (Lipinski definition) is 4. The molecule has 0 unspecified atom stereocenters. The predicted molar refractivity (Wildman–Crippen MR) is 104 cm³/mol. The van der Waals surface area contributed by atoms with Crippen LogP contribution in [-0.4, -0.2) is 29.0 Å². The number of hydrogen-bond donors (Lipinski definition) is 1. The van der Waals surface area contributed by atoms with Crippen LogP contribution in [-0.2, 0) is 6.42 Å². The third kappa shape index (κ3) is 5.07. The summed E-state index contributed by atoms with van der Waals surface area (Å²) in [5.74, 6) is 2.28. The molecule has 4 nitrogen and oxygen atoms in total. The summed E-state index contributed by atoms with van der Waals surface area (Å²) in [5, 5.41) is 4.43. The highest BCUT2D eigenvalue weighted by molar-refractivity contribution is 6.17. The zero-order valence-corrected chi connectivity index (χ0v) is 14.9. The van der Waals surface area contributed by atoms with E-state index in [9.17, 15) is 0 Å². The van der Waals surface area contributed by atoms with Crippen LogP contribution in [0, 0.1) is 0 Å². The third-order valence-corrected chi connectivity index (χ3v) is 4.20. The largest absolute Gasteiger partial charge is 0.493 e. The molecule has 1 aromatic heterocycles. The Morgan fingerprint density at radius 1 is 1.00 bits per heavy atom. The molecule has 3 rings (SSSR count). The Labute approximate surface area is 153 Å². The van der Waals surface area contributed by atoms with Crippen molar-refractivity contribution in [1.29, 1.82) is 0 Å². The van der Waals surface area contributed by atoms with E-state index in [1.54, 1.807) is 6.33 Å². The molecular formula is C20H22ClN3O. The van der Waals surface area contributed by atoms with Gasteiger partial charge >= 0.3 is 0 Å². The van der Waals surface area contributed by atoms with Gasteiger partial charge in [-0.3, -0.25) is 0 Å². The molecule has 0 aliphatic rings. The van der Waals surface area contributed by atoms with E-state index in [0.717, 1.165) is 48.3 Å². The van der Waals surface area contributed by atoms with Gasteiger partial charge in [0.2, 0.25) is 0 Å². The number of halogens is 1. The molecule has 1 heterocycles. The lowest BCUT2D eigenvalue weighted by atomic mass is 10.1. The Morgan fingerprint density at radius 3 is 2.72 bits per heavy atom. The Morgan fingerprint density at radius 2 is 1.88 bits per heavy atom. The highest BCUT2D eigenvalue weighted by Crippen LogP contribution is 2.24. The molecule has 0 saturated heterocycles. The van der Waals surface area contributed by atoms with Gasteiger partial charge in [0.1, 0.15) is 17.9 Å². The number of alkyl halides is 1. The van der Waals surface area contributed by atoms with Crippen molar-refractivity contribution >= 4 is 28.3 Å². The van der Waals surface area contributed by atoms with Gasteiger partial charge in [-0.25, -0.2) is 9.97 Å². The Hall–Kier alpha value is -2.33. The number of aromatic nitrogens is 2. The first kappa shape index (κ1) is 17.5. The van der Waals surface area contributed by atoms with Crippen molar-refractivity contribution in [2.75, 3.05) is 24.3 Å². The minimum absolute atomic E-state index is 0.604. The molecule has 2 aromatic carbocycles. The zero-order valence-electron chi connectivity index (χ0n) is 14.1. The van der Waals surface area contributed by atoms with Gasteiger partial charge in [0.05, 0.1) is 12.1 Å². The zero-order chi connectivity index (χ0) is 17.3. The second-order valence-corrected chi connectivity index (χ2v) is 6.19. The molecule has 0 spiro atoms. The first-order valence-corrected chi connectivity index (χ1v) is 9.11. The average Bonchev–Trinajstić information content (AvgIpc) is 2.66. The number of nitrogens with one attached hydrogen (secondary N) is 1. The molecule has 5 heteroatoms. The summed E-state index contributed by atoms with van der Waals surface area (Å²) in [5.41, 5.74) is 2.24. The molecule has 0 aliphatic carbocycles. The fourth-order valence-corrected chi connectivity index (χ4v) is 2.77. The van der Waals surface area contributed by atoms with Gasteiger partial charge in [0.15, 0.2) is 0 Å². The van der Waals surface area contributed by atoms with Crippen LogP contribution in [0.5, 0.6) is 5.75 Å².